The van der Waals surface area contributed by atoms with Crippen molar-refractivity contribution in [1.82, 2.24) is 9.80 Å². The molecule has 146 valence electrons. The summed E-state index contributed by atoms with van der Waals surface area (Å²) in [5, 5.41) is 7.23. The van der Waals surface area contributed by atoms with Crippen molar-refractivity contribution < 1.29 is 4.79 Å². The number of amides is 1. The molecule has 1 aliphatic rings. The van der Waals surface area contributed by atoms with Crippen LogP contribution >= 0.6 is 34.7 Å². The highest BCUT2D eigenvalue weighted by molar-refractivity contribution is 8.00. The number of carbonyl (C=O) groups is 1. The normalized spacial score (nSPS) is 15.7. The van der Waals surface area contributed by atoms with Gasteiger partial charge in [0.05, 0.1) is 5.75 Å². The molecule has 0 atom stereocenters. The summed E-state index contributed by atoms with van der Waals surface area (Å²) in [7, 11) is 0. The first kappa shape index (κ1) is 19.8. The first-order valence-corrected chi connectivity index (χ1v) is 11.8. The van der Waals surface area contributed by atoms with E-state index < -0.39 is 0 Å². The van der Waals surface area contributed by atoms with Crippen molar-refractivity contribution in [3.63, 3.8) is 0 Å². The standard InChI is InChI=1S/C22H23ClN2OS2/c23-19-6-1-4-18-5-2-7-20(22(18)19)28-16-21(26)25-10-3-9-24(11-12-25)14-17-8-13-27-15-17/h1-2,4-8,13,15H,3,9-12,14,16H2. The summed E-state index contributed by atoms with van der Waals surface area (Å²) in [5.74, 6) is 0.668. The Balaban J connectivity index is 1.35. The van der Waals surface area contributed by atoms with Crippen LogP contribution in [0.1, 0.15) is 12.0 Å². The summed E-state index contributed by atoms with van der Waals surface area (Å²) in [5.41, 5.74) is 1.37. The van der Waals surface area contributed by atoms with Gasteiger partial charge in [0.2, 0.25) is 5.91 Å². The number of thiophene rings is 1. The molecule has 1 saturated heterocycles. The van der Waals surface area contributed by atoms with Crippen LogP contribution in [0.15, 0.2) is 58.1 Å². The van der Waals surface area contributed by atoms with Crippen molar-refractivity contribution >= 4 is 51.4 Å². The number of halogens is 1. The minimum Gasteiger partial charge on any atom is -0.341 e. The van der Waals surface area contributed by atoms with E-state index in [9.17, 15) is 4.79 Å². The number of benzene rings is 2. The van der Waals surface area contributed by atoms with Gasteiger partial charge >= 0.3 is 0 Å². The van der Waals surface area contributed by atoms with Gasteiger partial charge in [-0.1, -0.05) is 35.9 Å². The van der Waals surface area contributed by atoms with E-state index in [0.29, 0.717) is 5.75 Å². The van der Waals surface area contributed by atoms with Gasteiger partial charge in [0.1, 0.15) is 0 Å². The second-order valence-corrected chi connectivity index (χ2v) is 9.23. The van der Waals surface area contributed by atoms with Crippen molar-refractivity contribution in [1.29, 1.82) is 0 Å². The molecule has 0 radical (unpaired) electrons. The maximum Gasteiger partial charge on any atom is 0.232 e. The Kier molecular flexibility index (Phi) is 6.58. The van der Waals surface area contributed by atoms with Crippen molar-refractivity contribution in [2.24, 2.45) is 0 Å². The van der Waals surface area contributed by atoms with Gasteiger partial charge in [-0.15, -0.1) is 11.8 Å². The predicted molar refractivity (Wildman–Crippen MR) is 120 cm³/mol. The number of nitrogens with zero attached hydrogens (tertiary/aromatic N) is 2. The van der Waals surface area contributed by atoms with E-state index in [1.165, 1.54) is 5.56 Å². The SMILES string of the molecule is O=C(CSc1cccc2cccc(Cl)c12)N1CCCN(Cc2ccsc2)CC1. The molecule has 0 saturated carbocycles. The second-order valence-electron chi connectivity index (χ2n) is 7.02. The molecule has 2 aromatic carbocycles. The van der Waals surface area contributed by atoms with E-state index in [1.807, 2.05) is 23.1 Å². The summed E-state index contributed by atoms with van der Waals surface area (Å²) < 4.78 is 0. The Labute approximate surface area is 179 Å². The van der Waals surface area contributed by atoms with Crippen molar-refractivity contribution in [3.8, 4) is 0 Å². The number of hydrogen-bond donors (Lipinski definition) is 0. The van der Waals surface area contributed by atoms with Crippen LogP contribution in [0.3, 0.4) is 0 Å². The molecule has 1 aromatic heterocycles. The van der Waals surface area contributed by atoms with Gasteiger partial charge in [-0.05, 0) is 46.3 Å². The molecule has 0 spiro atoms. The topological polar surface area (TPSA) is 23.6 Å². The molecule has 3 nitrogen and oxygen atoms in total. The lowest BCUT2D eigenvalue weighted by Crippen LogP contribution is -2.36. The van der Waals surface area contributed by atoms with Crippen LogP contribution in [-0.2, 0) is 11.3 Å². The first-order chi connectivity index (χ1) is 13.7. The fourth-order valence-corrected chi connectivity index (χ4v) is 5.64. The maximum atomic E-state index is 12.8. The molecule has 0 aliphatic carbocycles. The smallest absolute Gasteiger partial charge is 0.232 e. The third-order valence-electron chi connectivity index (χ3n) is 5.09. The second kappa shape index (κ2) is 9.31. The molecule has 2 heterocycles. The summed E-state index contributed by atoms with van der Waals surface area (Å²) >= 11 is 9.74. The highest BCUT2D eigenvalue weighted by Crippen LogP contribution is 2.33. The third kappa shape index (κ3) is 4.71. The highest BCUT2D eigenvalue weighted by atomic mass is 35.5. The lowest BCUT2D eigenvalue weighted by Gasteiger charge is -2.22. The highest BCUT2D eigenvalue weighted by Gasteiger charge is 2.20. The zero-order chi connectivity index (χ0) is 19.3. The minimum atomic E-state index is 0.214. The molecule has 0 N–H and O–H groups in total. The first-order valence-electron chi connectivity index (χ1n) is 9.52. The molecular weight excluding hydrogens is 408 g/mol. The number of thioether (sulfide) groups is 1. The average molecular weight is 431 g/mol. The molecular formula is C22H23ClN2OS2. The molecule has 1 aliphatic heterocycles. The zero-order valence-corrected chi connectivity index (χ0v) is 18.0. The summed E-state index contributed by atoms with van der Waals surface area (Å²) in [6.07, 6.45) is 1.03. The van der Waals surface area contributed by atoms with Crippen LogP contribution in [0.5, 0.6) is 0 Å². The zero-order valence-electron chi connectivity index (χ0n) is 15.6. The van der Waals surface area contributed by atoms with Crippen LogP contribution in [-0.4, -0.2) is 47.6 Å². The summed E-state index contributed by atoms with van der Waals surface area (Å²) in [4.78, 5) is 18.4. The number of hydrogen-bond acceptors (Lipinski definition) is 4. The van der Waals surface area contributed by atoms with Gasteiger partial charge < -0.3 is 4.90 Å². The van der Waals surface area contributed by atoms with Gasteiger partial charge in [0.15, 0.2) is 0 Å². The monoisotopic (exact) mass is 430 g/mol. The van der Waals surface area contributed by atoms with Crippen molar-refractivity contribution in [2.75, 3.05) is 31.9 Å². The lowest BCUT2D eigenvalue weighted by atomic mass is 10.1. The largest absolute Gasteiger partial charge is 0.341 e. The molecule has 1 amide bonds. The van der Waals surface area contributed by atoms with Gasteiger partial charge in [0, 0.05) is 48.0 Å². The van der Waals surface area contributed by atoms with E-state index in [0.717, 1.165) is 59.8 Å². The minimum absolute atomic E-state index is 0.214. The van der Waals surface area contributed by atoms with Crippen molar-refractivity contribution in [3.05, 3.63) is 63.8 Å². The fourth-order valence-electron chi connectivity index (χ4n) is 3.63. The summed E-state index contributed by atoms with van der Waals surface area (Å²) in [6.45, 7) is 4.61. The molecule has 4 rings (SSSR count). The Morgan fingerprint density at radius 1 is 1.07 bits per heavy atom. The van der Waals surface area contributed by atoms with Crippen LogP contribution in [0.25, 0.3) is 10.8 Å². The Morgan fingerprint density at radius 2 is 1.93 bits per heavy atom. The molecule has 0 unspecified atom stereocenters. The molecule has 3 aromatic rings. The van der Waals surface area contributed by atoms with E-state index >= 15 is 0 Å². The Hall–Kier alpha value is -1.53. The quantitative estimate of drug-likeness (QED) is 0.507. The van der Waals surface area contributed by atoms with E-state index in [2.05, 4.69) is 39.9 Å². The van der Waals surface area contributed by atoms with Gasteiger partial charge in [-0.2, -0.15) is 11.3 Å². The molecule has 6 heteroatoms. The van der Waals surface area contributed by atoms with Gasteiger partial charge in [0.25, 0.3) is 0 Å². The van der Waals surface area contributed by atoms with E-state index in [-0.39, 0.29) is 5.91 Å². The van der Waals surface area contributed by atoms with Crippen molar-refractivity contribution in [2.45, 2.75) is 17.9 Å². The van der Waals surface area contributed by atoms with Crippen LogP contribution in [0.2, 0.25) is 5.02 Å². The lowest BCUT2D eigenvalue weighted by molar-refractivity contribution is -0.128. The molecule has 0 bridgehead atoms. The van der Waals surface area contributed by atoms with Crippen LogP contribution in [0.4, 0.5) is 0 Å². The Bertz CT molecular complexity index is 940. The number of fused-ring (bicyclic) bond motifs is 1. The predicted octanol–water partition coefficient (Wildman–Crippen LogP) is 5.38. The third-order valence-corrected chi connectivity index (χ3v) is 7.18. The van der Waals surface area contributed by atoms with Crippen LogP contribution in [0, 0.1) is 0 Å². The molecule has 1 fully saturated rings. The Morgan fingerprint density at radius 3 is 2.75 bits per heavy atom. The van der Waals surface area contributed by atoms with Gasteiger partial charge in [-0.25, -0.2) is 0 Å². The number of carbonyl (C=O) groups excluding carboxylic acids is 1. The van der Waals surface area contributed by atoms with E-state index in [4.69, 9.17) is 11.6 Å². The maximum absolute atomic E-state index is 12.8. The van der Waals surface area contributed by atoms with E-state index in [1.54, 1.807) is 23.1 Å². The summed E-state index contributed by atoms with van der Waals surface area (Å²) in [6, 6.07) is 14.3. The van der Waals surface area contributed by atoms with Gasteiger partial charge in [-0.3, -0.25) is 9.69 Å². The fraction of sp³-hybridized carbons (Fsp3) is 0.318. The number of rotatable bonds is 5. The molecule has 28 heavy (non-hydrogen) atoms. The van der Waals surface area contributed by atoms with Crippen LogP contribution < -0.4 is 0 Å². The average Bonchev–Trinajstić information content (AvgIpc) is 3.10.